The Morgan fingerprint density at radius 2 is 2.00 bits per heavy atom. The lowest BCUT2D eigenvalue weighted by atomic mass is 10.3. The van der Waals surface area contributed by atoms with Crippen molar-refractivity contribution in [2.24, 2.45) is 0 Å². The second kappa shape index (κ2) is 4.45. The van der Waals surface area contributed by atoms with Gasteiger partial charge in [-0.1, -0.05) is 6.92 Å². The first kappa shape index (κ1) is 11.4. The summed E-state index contributed by atoms with van der Waals surface area (Å²) in [5.41, 5.74) is 0. The summed E-state index contributed by atoms with van der Waals surface area (Å²) in [7, 11) is -3.19. The van der Waals surface area contributed by atoms with Crippen molar-refractivity contribution in [1.82, 2.24) is 5.32 Å². The third-order valence-corrected chi connectivity index (χ3v) is 2.20. The van der Waals surface area contributed by atoms with Crippen LogP contribution in [0.2, 0.25) is 0 Å². The topological polar surface area (TPSA) is 63.2 Å². The van der Waals surface area contributed by atoms with Gasteiger partial charge in [0.25, 0.3) is 0 Å². The van der Waals surface area contributed by atoms with Gasteiger partial charge < -0.3 is 5.32 Å². The molecule has 0 radical (unpaired) electrons. The average molecular weight is 193 g/mol. The minimum Gasteiger partial charge on any atom is -0.353 e. The predicted octanol–water partition coefficient (Wildman–Crippen LogP) is -0.0543. The molecule has 1 amide bonds. The standard InChI is InChI=1S/C7H15NO3S/c1-4-6(2)8-7(9)5-12(3,10)11/h6H,4-5H2,1-3H3,(H,8,9). The van der Waals surface area contributed by atoms with Crippen LogP contribution in [-0.2, 0) is 14.6 Å². The van der Waals surface area contributed by atoms with Crippen molar-refractivity contribution >= 4 is 15.7 Å². The van der Waals surface area contributed by atoms with Gasteiger partial charge in [0.1, 0.15) is 5.75 Å². The summed E-state index contributed by atoms with van der Waals surface area (Å²) < 4.78 is 21.3. The van der Waals surface area contributed by atoms with Crippen molar-refractivity contribution in [3.63, 3.8) is 0 Å². The molecule has 72 valence electrons. The van der Waals surface area contributed by atoms with E-state index >= 15 is 0 Å². The van der Waals surface area contributed by atoms with E-state index in [1.54, 1.807) is 0 Å². The van der Waals surface area contributed by atoms with Gasteiger partial charge in [-0.3, -0.25) is 4.79 Å². The SMILES string of the molecule is CCC(C)NC(=O)CS(C)(=O)=O. The number of hydrogen-bond donors (Lipinski definition) is 1. The molecule has 5 heteroatoms. The van der Waals surface area contributed by atoms with E-state index in [1.165, 1.54) is 0 Å². The van der Waals surface area contributed by atoms with Gasteiger partial charge in [-0.2, -0.15) is 0 Å². The van der Waals surface area contributed by atoms with E-state index in [2.05, 4.69) is 5.32 Å². The highest BCUT2D eigenvalue weighted by Gasteiger charge is 2.11. The molecular formula is C7H15NO3S. The number of carbonyl (C=O) groups excluding carboxylic acids is 1. The van der Waals surface area contributed by atoms with Gasteiger partial charge in [-0.05, 0) is 13.3 Å². The zero-order chi connectivity index (χ0) is 9.78. The first-order chi connectivity index (χ1) is 5.35. The lowest BCUT2D eigenvalue weighted by Crippen LogP contribution is -2.36. The molecule has 0 heterocycles. The maximum atomic E-state index is 10.9. The molecule has 0 aliphatic heterocycles. The smallest absolute Gasteiger partial charge is 0.235 e. The molecule has 1 atom stereocenters. The first-order valence-corrected chi connectivity index (χ1v) is 5.88. The fraction of sp³-hybridized carbons (Fsp3) is 0.857. The largest absolute Gasteiger partial charge is 0.353 e. The summed E-state index contributed by atoms with van der Waals surface area (Å²) in [5.74, 6) is -0.844. The quantitative estimate of drug-likeness (QED) is 0.680. The Kier molecular flexibility index (Phi) is 4.23. The van der Waals surface area contributed by atoms with Crippen LogP contribution in [0.25, 0.3) is 0 Å². The molecule has 1 N–H and O–H groups in total. The van der Waals surface area contributed by atoms with Crippen molar-refractivity contribution in [2.75, 3.05) is 12.0 Å². The van der Waals surface area contributed by atoms with Crippen LogP contribution in [0.5, 0.6) is 0 Å². The van der Waals surface area contributed by atoms with Crippen LogP contribution in [0, 0.1) is 0 Å². The molecule has 0 aliphatic rings. The van der Waals surface area contributed by atoms with E-state index < -0.39 is 21.5 Å². The summed E-state index contributed by atoms with van der Waals surface area (Å²) in [6.07, 6.45) is 1.85. The Balaban J connectivity index is 3.92. The van der Waals surface area contributed by atoms with Gasteiger partial charge in [0.15, 0.2) is 9.84 Å². The summed E-state index contributed by atoms with van der Waals surface area (Å²) >= 11 is 0. The fourth-order valence-electron chi connectivity index (χ4n) is 0.657. The summed E-state index contributed by atoms with van der Waals surface area (Å²) in [6, 6.07) is 0.0410. The second-order valence-corrected chi connectivity index (χ2v) is 5.09. The van der Waals surface area contributed by atoms with Crippen LogP contribution >= 0.6 is 0 Å². The minimum atomic E-state index is -3.19. The van der Waals surface area contributed by atoms with Crippen molar-refractivity contribution in [3.8, 4) is 0 Å². The number of amides is 1. The van der Waals surface area contributed by atoms with E-state index in [1.807, 2.05) is 13.8 Å². The normalized spacial score (nSPS) is 13.9. The van der Waals surface area contributed by atoms with E-state index in [4.69, 9.17) is 0 Å². The number of rotatable bonds is 4. The lowest BCUT2D eigenvalue weighted by molar-refractivity contribution is -0.119. The second-order valence-electron chi connectivity index (χ2n) is 2.95. The molecule has 0 fully saturated rings. The zero-order valence-corrected chi connectivity index (χ0v) is 8.44. The molecular weight excluding hydrogens is 178 g/mol. The van der Waals surface area contributed by atoms with Crippen LogP contribution in [-0.4, -0.2) is 32.4 Å². The summed E-state index contributed by atoms with van der Waals surface area (Å²) in [4.78, 5) is 10.9. The van der Waals surface area contributed by atoms with Crippen molar-refractivity contribution in [3.05, 3.63) is 0 Å². The van der Waals surface area contributed by atoms with Gasteiger partial charge in [-0.15, -0.1) is 0 Å². The Morgan fingerprint density at radius 3 is 2.33 bits per heavy atom. The van der Waals surface area contributed by atoms with Gasteiger partial charge in [0, 0.05) is 12.3 Å². The van der Waals surface area contributed by atoms with E-state index in [9.17, 15) is 13.2 Å². The van der Waals surface area contributed by atoms with E-state index in [-0.39, 0.29) is 6.04 Å². The Morgan fingerprint density at radius 1 is 1.50 bits per heavy atom. The summed E-state index contributed by atoms with van der Waals surface area (Å²) in [6.45, 7) is 3.76. The van der Waals surface area contributed by atoms with Gasteiger partial charge >= 0.3 is 0 Å². The molecule has 0 saturated heterocycles. The molecule has 0 saturated carbocycles. The molecule has 0 spiro atoms. The number of sulfone groups is 1. The lowest BCUT2D eigenvalue weighted by Gasteiger charge is -2.09. The molecule has 0 aromatic carbocycles. The molecule has 12 heavy (non-hydrogen) atoms. The van der Waals surface area contributed by atoms with Crippen LogP contribution in [0.15, 0.2) is 0 Å². The molecule has 0 rings (SSSR count). The monoisotopic (exact) mass is 193 g/mol. The maximum Gasteiger partial charge on any atom is 0.235 e. The average Bonchev–Trinajstić information content (AvgIpc) is 1.82. The predicted molar refractivity (Wildman–Crippen MR) is 47.6 cm³/mol. The molecule has 1 unspecified atom stereocenters. The number of hydrogen-bond acceptors (Lipinski definition) is 3. The molecule has 4 nitrogen and oxygen atoms in total. The number of nitrogens with one attached hydrogen (secondary N) is 1. The van der Waals surface area contributed by atoms with Crippen LogP contribution in [0.4, 0.5) is 0 Å². The highest BCUT2D eigenvalue weighted by molar-refractivity contribution is 7.91. The summed E-state index contributed by atoms with van der Waals surface area (Å²) in [5, 5.41) is 2.57. The third kappa shape index (κ3) is 6.15. The van der Waals surface area contributed by atoms with Crippen molar-refractivity contribution < 1.29 is 13.2 Å². The van der Waals surface area contributed by atoms with Crippen LogP contribution in [0.3, 0.4) is 0 Å². The number of carbonyl (C=O) groups is 1. The Hall–Kier alpha value is -0.580. The van der Waals surface area contributed by atoms with Gasteiger partial charge in [-0.25, -0.2) is 8.42 Å². The molecule has 0 aliphatic carbocycles. The molecule has 0 aromatic rings. The highest BCUT2D eigenvalue weighted by atomic mass is 32.2. The van der Waals surface area contributed by atoms with Crippen molar-refractivity contribution in [1.29, 1.82) is 0 Å². The van der Waals surface area contributed by atoms with Gasteiger partial charge in [0.05, 0.1) is 0 Å². The first-order valence-electron chi connectivity index (χ1n) is 3.82. The fourth-order valence-corrected chi connectivity index (χ4v) is 1.22. The van der Waals surface area contributed by atoms with Crippen LogP contribution in [0.1, 0.15) is 20.3 Å². The van der Waals surface area contributed by atoms with E-state index in [0.29, 0.717) is 0 Å². The third-order valence-electron chi connectivity index (χ3n) is 1.41. The highest BCUT2D eigenvalue weighted by Crippen LogP contribution is 1.89. The molecule has 0 bridgehead atoms. The van der Waals surface area contributed by atoms with E-state index in [0.717, 1.165) is 12.7 Å². The van der Waals surface area contributed by atoms with Crippen LogP contribution < -0.4 is 5.32 Å². The van der Waals surface area contributed by atoms with Gasteiger partial charge in [0.2, 0.25) is 5.91 Å². The van der Waals surface area contributed by atoms with Crippen molar-refractivity contribution in [2.45, 2.75) is 26.3 Å². The molecule has 0 aromatic heterocycles. The maximum absolute atomic E-state index is 10.9. The Bertz CT molecular complexity index is 245. The minimum absolute atomic E-state index is 0.0410. The Labute approximate surface area is 73.3 Å². The zero-order valence-electron chi connectivity index (χ0n) is 7.62.